The van der Waals surface area contributed by atoms with Crippen LogP contribution in [0.1, 0.15) is 0 Å². The first-order chi connectivity index (χ1) is 10.3. The molecule has 0 unspecified atom stereocenters. The summed E-state index contributed by atoms with van der Waals surface area (Å²) in [6, 6.07) is 17.3. The van der Waals surface area contributed by atoms with Crippen LogP contribution in [0.3, 0.4) is 0 Å². The molecule has 4 aromatic rings. The Morgan fingerprint density at radius 1 is 0.762 bits per heavy atom. The van der Waals surface area contributed by atoms with E-state index in [1.54, 1.807) is 24.5 Å². The van der Waals surface area contributed by atoms with Gasteiger partial charge >= 0.3 is 0 Å². The van der Waals surface area contributed by atoms with Gasteiger partial charge in [0.05, 0.1) is 11.0 Å². The highest BCUT2D eigenvalue weighted by Gasteiger charge is 2.09. The minimum atomic E-state index is 0.267. The van der Waals surface area contributed by atoms with Crippen molar-refractivity contribution in [1.29, 1.82) is 0 Å². The fourth-order valence-corrected chi connectivity index (χ4v) is 2.66. The molecule has 0 fully saturated rings. The van der Waals surface area contributed by atoms with Crippen LogP contribution >= 0.6 is 0 Å². The van der Waals surface area contributed by atoms with Gasteiger partial charge in [-0.25, -0.2) is 0 Å². The van der Waals surface area contributed by atoms with E-state index in [2.05, 4.69) is 22.1 Å². The van der Waals surface area contributed by atoms with Gasteiger partial charge in [0.1, 0.15) is 5.75 Å². The highest BCUT2D eigenvalue weighted by atomic mass is 16.3. The van der Waals surface area contributed by atoms with E-state index in [0.717, 1.165) is 32.9 Å². The third kappa shape index (κ3) is 1.91. The van der Waals surface area contributed by atoms with E-state index in [1.807, 2.05) is 30.3 Å². The van der Waals surface area contributed by atoms with E-state index < -0.39 is 0 Å². The predicted octanol–water partition coefficient (Wildman–Crippen LogP) is 4.16. The van der Waals surface area contributed by atoms with Gasteiger partial charge in [-0.3, -0.25) is 9.97 Å². The normalized spacial score (nSPS) is 11.0. The van der Waals surface area contributed by atoms with Crippen molar-refractivity contribution in [1.82, 2.24) is 9.97 Å². The van der Waals surface area contributed by atoms with Crippen LogP contribution in [0.25, 0.3) is 32.9 Å². The molecule has 3 heteroatoms. The molecule has 0 saturated heterocycles. The molecule has 0 radical (unpaired) electrons. The molecular weight excluding hydrogens is 260 g/mol. The smallest absolute Gasteiger partial charge is 0.115 e. The van der Waals surface area contributed by atoms with Gasteiger partial charge in [-0.15, -0.1) is 0 Å². The zero-order valence-electron chi connectivity index (χ0n) is 11.2. The molecule has 1 N–H and O–H groups in total. The summed E-state index contributed by atoms with van der Waals surface area (Å²) in [5.74, 6) is 0.267. The van der Waals surface area contributed by atoms with Crippen molar-refractivity contribution in [2.24, 2.45) is 0 Å². The van der Waals surface area contributed by atoms with Crippen LogP contribution in [-0.4, -0.2) is 15.1 Å². The molecule has 0 aliphatic carbocycles. The molecule has 2 heterocycles. The molecule has 2 aromatic heterocycles. The number of phenolic OH excluding ortho intramolecular Hbond substituents is 1. The van der Waals surface area contributed by atoms with Crippen molar-refractivity contribution >= 4 is 21.8 Å². The van der Waals surface area contributed by atoms with E-state index in [1.165, 1.54) is 0 Å². The lowest BCUT2D eigenvalue weighted by molar-refractivity contribution is 0.475. The summed E-state index contributed by atoms with van der Waals surface area (Å²) in [7, 11) is 0. The number of hydrogen-bond donors (Lipinski definition) is 1. The third-order valence-electron chi connectivity index (χ3n) is 3.64. The summed E-state index contributed by atoms with van der Waals surface area (Å²) in [5, 5.41) is 11.6. The van der Waals surface area contributed by atoms with Gasteiger partial charge in [0.25, 0.3) is 0 Å². The number of phenols is 1. The van der Waals surface area contributed by atoms with E-state index in [9.17, 15) is 5.11 Å². The second kappa shape index (κ2) is 4.56. The number of fused-ring (bicyclic) bond motifs is 3. The Labute approximate surface area is 121 Å². The van der Waals surface area contributed by atoms with Gasteiger partial charge in [0.15, 0.2) is 0 Å². The van der Waals surface area contributed by atoms with Crippen LogP contribution < -0.4 is 0 Å². The standard InChI is InChI=1S/C18H12N2O/c21-14-7-5-12(6-8-14)16-11-13-3-1-9-19-17(13)18-15(16)4-2-10-20-18/h1-11,21H. The summed E-state index contributed by atoms with van der Waals surface area (Å²) in [6.45, 7) is 0. The topological polar surface area (TPSA) is 46.0 Å². The highest BCUT2D eigenvalue weighted by Crippen LogP contribution is 2.33. The van der Waals surface area contributed by atoms with E-state index >= 15 is 0 Å². The number of pyridine rings is 2. The van der Waals surface area contributed by atoms with Gasteiger partial charge in [-0.2, -0.15) is 0 Å². The van der Waals surface area contributed by atoms with Gasteiger partial charge in [0, 0.05) is 23.2 Å². The minimum Gasteiger partial charge on any atom is -0.508 e. The number of aromatic hydroxyl groups is 1. The molecule has 0 amide bonds. The maximum Gasteiger partial charge on any atom is 0.115 e. The Morgan fingerprint density at radius 3 is 2.29 bits per heavy atom. The number of aromatic nitrogens is 2. The van der Waals surface area contributed by atoms with Crippen LogP contribution in [0, 0.1) is 0 Å². The van der Waals surface area contributed by atoms with Crippen LogP contribution in [0.2, 0.25) is 0 Å². The zero-order chi connectivity index (χ0) is 14.2. The average Bonchev–Trinajstić information content (AvgIpc) is 2.55. The molecular formula is C18H12N2O. The maximum atomic E-state index is 9.47. The molecule has 21 heavy (non-hydrogen) atoms. The summed E-state index contributed by atoms with van der Waals surface area (Å²) < 4.78 is 0. The zero-order valence-corrected chi connectivity index (χ0v) is 11.2. The number of benzene rings is 2. The van der Waals surface area contributed by atoms with E-state index in [-0.39, 0.29) is 5.75 Å². The first-order valence-electron chi connectivity index (χ1n) is 6.75. The van der Waals surface area contributed by atoms with Crippen LogP contribution in [-0.2, 0) is 0 Å². The largest absolute Gasteiger partial charge is 0.508 e. The van der Waals surface area contributed by atoms with Crippen molar-refractivity contribution in [3.63, 3.8) is 0 Å². The predicted molar refractivity (Wildman–Crippen MR) is 84.1 cm³/mol. The molecule has 100 valence electrons. The first-order valence-corrected chi connectivity index (χ1v) is 6.75. The molecule has 3 nitrogen and oxygen atoms in total. The van der Waals surface area contributed by atoms with Crippen molar-refractivity contribution in [2.45, 2.75) is 0 Å². The average molecular weight is 272 g/mol. The Bertz CT molecular complexity index is 946. The van der Waals surface area contributed by atoms with Crippen LogP contribution in [0.4, 0.5) is 0 Å². The lowest BCUT2D eigenvalue weighted by Crippen LogP contribution is -1.88. The monoisotopic (exact) mass is 272 g/mol. The highest BCUT2D eigenvalue weighted by molar-refractivity contribution is 6.10. The number of nitrogens with zero attached hydrogens (tertiary/aromatic N) is 2. The molecule has 0 saturated carbocycles. The summed E-state index contributed by atoms with van der Waals surface area (Å²) in [5.41, 5.74) is 3.96. The second-order valence-electron chi connectivity index (χ2n) is 4.95. The minimum absolute atomic E-state index is 0.267. The van der Waals surface area contributed by atoms with Crippen LogP contribution in [0.5, 0.6) is 5.75 Å². The van der Waals surface area contributed by atoms with Crippen molar-refractivity contribution in [3.8, 4) is 16.9 Å². The fraction of sp³-hybridized carbons (Fsp3) is 0. The third-order valence-corrected chi connectivity index (χ3v) is 3.64. The Morgan fingerprint density at radius 2 is 1.48 bits per heavy atom. The SMILES string of the molecule is Oc1ccc(-c2cc3cccnc3c3ncccc23)cc1. The molecule has 0 spiro atoms. The van der Waals surface area contributed by atoms with Crippen molar-refractivity contribution in [2.75, 3.05) is 0 Å². The second-order valence-corrected chi connectivity index (χ2v) is 4.95. The van der Waals surface area contributed by atoms with Gasteiger partial charge in [0.2, 0.25) is 0 Å². The molecule has 4 rings (SSSR count). The van der Waals surface area contributed by atoms with Gasteiger partial charge in [-0.1, -0.05) is 24.3 Å². The van der Waals surface area contributed by atoms with Crippen LogP contribution in [0.15, 0.2) is 67.0 Å². The molecule has 0 aliphatic rings. The Kier molecular flexibility index (Phi) is 2.57. The maximum absolute atomic E-state index is 9.47. The van der Waals surface area contributed by atoms with E-state index in [4.69, 9.17) is 0 Å². The Hall–Kier alpha value is -2.94. The van der Waals surface area contributed by atoms with Gasteiger partial charge < -0.3 is 5.11 Å². The van der Waals surface area contributed by atoms with Crippen molar-refractivity contribution in [3.05, 3.63) is 67.0 Å². The lowest BCUT2D eigenvalue weighted by Gasteiger charge is -2.09. The quantitative estimate of drug-likeness (QED) is 0.529. The Balaban J connectivity index is 2.13. The summed E-state index contributed by atoms with van der Waals surface area (Å²) in [6.07, 6.45) is 3.58. The fourth-order valence-electron chi connectivity index (χ4n) is 2.66. The van der Waals surface area contributed by atoms with Gasteiger partial charge in [-0.05, 0) is 41.5 Å². The molecule has 2 aromatic carbocycles. The lowest BCUT2D eigenvalue weighted by atomic mass is 9.98. The molecule has 0 aliphatic heterocycles. The number of rotatable bonds is 1. The van der Waals surface area contributed by atoms with Crippen molar-refractivity contribution < 1.29 is 5.11 Å². The first kappa shape index (κ1) is 11.9. The van der Waals surface area contributed by atoms with E-state index in [0.29, 0.717) is 0 Å². The summed E-state index contributed by atoms with van der Waals surface area (Å²) in [4.78, 5) is 8.96. The number of hydrogen-bond acceptors (Lipinski definition) is 3. The molecule has 0 bridgehead atoms. The summed E-state index contributed by atoms with van der Waals surface area (Å²) >= 11 is 0. The molecule has 0 atom stereocenters.